The lowest BCUT2D eigenvalue weighted by Crippen LogP contribution is -2.34. The molecule has 0 bridgehead atoms. The molecule has 94 valence electrons. The van der Waals surface area contributed by atoms with E-state index in [-0.39, 0.29) is 6.03 Å². The lowest BCUT2D eigenvalue weighted by atomic mass is 10.1. The minimum Gasteiger partial charge on any atom is -0.325 e. The maximum atomic E-state index is 11.9. The molecular weight excluding hydrogens is 280 g/mol. The van der Waals surface area contributed by atoms with Crippen LogP contribution in [-0.2, 0) is 6.42 Å². The van der Waals surface area contributed by atoms with Gasteiger partial charge >= 0.3 is 6.03 Å². The molecule has 0 heterocycles. The van der Waals surface area contributed by atoms with Crippen molar-refractivity contribution < 1.29 is 4.79 Å². The molecule has 4 heteroatoms. The maximum Gasteiger partial charge on any atom is 0.321 e. The second-order valence-electron chi connectivity index (χ2n) is 3.76. The average molecular weight is 299 g/mol. The van der Waals surface area contributed by atoms with E-state index in [0.717, 1.165) is 35.2 Å². The Balaban J connectivity index is 2.84. The van der Waals surface area contributed by atoms with Crippen molar-refractivity contribution in [3.05, 3.63) is 28.2 Å². The van der Waals surface area contributed by atoms with E-state index in [1.807, 2.05) is 32.0 Å². The molecule has 0 aromatic heterocycles. The summed E-state index contributed by atoms with van der Waals surface area (Å²) in [7, 11) is 0. The zero-order valence-electron chi connectivity index (χ0n) is 10.6. The molecule has 0 aliphatic rings. The maximum absolute atomic E-state index is 11.9. The second kappa shape index (κ2) is 6.64. The molecule has 3 nitrogen and oxygen atoms in total. The summed E-state index contributed by atoms with van der Waals surface area (Å²) in [5, 5.41) is 2.96. The van der Waals surface area contributed by atoms with Crippen LogP contribution in [0.25, 0.3) is 0 Å². The normalized spacial score (nSPS) is 10.1. The van der Waals surface area contributed by atoms with Crippen LogP contribution in [0.2, 0.25) is 0 Å². The molecule has 1 aromatic rings. The third-order valence-electron chi connectivity index (χ3n) is 2.74. The van der Waals surface area contributed by atoms with E-state index in [4.69, 9.17) is 0 Å². The Morgan fingerprint density at radius 2 is 1.94 bits per heavy atom. The summed E-state index contributed by atoms with van der Waals surface area (Å²) in [6, 6.07) is 5.88. The van der Waals surface area contributed by atoms with Crippen molar-refractivity contribution in [1.29, 1.82) is 0 Å². The largest absolute Gasteiger partial charge is 0.325 e. The number of hydrogen-bond donors (Lipinski definition) is 1. The van der Waals surface area contributed by atoms with Gasteiger partial charge in [0.05, 0.1) is 0 Å². The van der Waals surface area contributed by atoms with Gasteiger partial charge in [-0.1, -0.05) is 22.9 Å². The fraction of sp³-hybridized carbons (Fsp3) is 0.462. The van der Waals surface area contributed by atoms with Crippen LogP contribution >= 0.6 is 15.9 Å². The number of carbonyl (C=O) groups is 1. The average Bonchev–Trinajstić information content (AvgIpc) is 2.33. The monoisotopic (exact) mass is 298 g/mol. The summed E-state index contributed by atoms with van der Waals surface area (Å²) in [5.41, 5.74) is 2.03. The van der Waals surface area contributed by atoms with Crippen LogP contribution in [0.3, 0.4) is 0 Å². The Bertz CT molecular complexity index is 389. The Morgan fingerprint density at radius 1 is 1.29 bits per heavy atom. The highest BCUT2D eigenvalue weighted by Gasteiger charge is 2.11. The molecule has 0 saturated carbocycles. The summed E-state index contributed by atoms with van der Waals surface area (Å²) in [5.74, 6) is 0. The highest BCUT2D eigenvalue weighted by Crippen LogP contribution is 2.21. The summed E-state index contributed by atoms with van der Waals surface area (Å²) >= 11 is 3.44. The van der Waals surface area contributed by atoms with Crippen molar-refractivity contribution >= 4 is 27.6 Å². The van der Waals surface area contributed by atoms with Crippen LogP contribution in [0.5, 0.6) is 0 Å². The van der Waals surface area contributed by atoms with Gasteiger partial charge in [-0.3, -0.25) is 0 Å². The third-order valence-corrected chi connectivity index (χ3v) is 3.23. The van der Waals surface area contributed by atoms with E-state index in [1.54, 1.807) is 4.90 Å². The summed E-state index contributed by atoms with van der Waals surface area (Å²) < 4.78 is 1.04. The van der Waals surface area contributed by atoms with Gasteiger partial charge in [-0.2, -0.15) is 0 Å². The summed E-state index contributed by atoms with van der Waals surface area (Å²) in [4.78, 5) is 13.7. The van der Waals surface area contributed by atoms with E-state index in [9.17, 15) is 4.79 Å². The van der Waals surface area contributed by atoms with Crippen molar-refractivity contribution in [2.24, 2.45) is 0 Å². The third kappa shape index (κ3) is 3.73. The molecule has 0 fully saturated rings. The van der Waals surface area contributed by atoms with E-state index in [2.05, 4.69) is 28.2 Å². The molecule has 0 aliphatic heterocycles. The van der Waals surface area contributed by atoms with E-state index < -0.39 is 0 Å². The minimum atomic E-state index is -0.0352. The van der Waals surface area contributed by atoms with Crippen molar-refractivity contribution in [3.63, 3.8) is 0 Å². The van der Waals surface area contributed by atoms with Gasteiger partial charge in [-0.25, -0.2) is 4.79 Å². The number of benzene rings is 1. The predicted octanol–water partition coefficient (Wildman–Crippen LogP) is 3.89. The quantitative estimate of drug-likeness (QED) is 0.899. The van der Waals surface area contributed by atoms with Crippen LogP contribution in [0.4, 0.5) is 10.5 Å². The molecular formula is C13H19BrN2O. The number of nitrogens with one attached hydrogen (secondary N) is 1. The zero-order chi connectivity index (χ0) is 12.8. The Labute approximate surface area is 111 Å². The van der Waals surface area contributed by atoms with Crippen molar-refractivity contribution in [1.82, 2.24) is 4.90 Å². The van der Waals surface area contributed by atoms with Gasteiger partial charge in [-0.15, -0.1) is 0 Å². The molecule has 0 unspecified atom stereocenters. The first-order chi connectivity index (χ1) is 8.12. The number of anilines is 1. The highest BCUT2D eigenvalue weighted by molar-refractivity contribution is 9.10. The number of aryl methyl sites for hydroxylation is 1. The molecule has 0 atom stereocenters. The van der Waals surface area contributed by atoms with E-state index >= 15 is 0 Å². The summed E-state index contributed by atoms with van der Waals surface area (Å²) in [6.45, 7) is 7.48. The first-order valence-corrected chi connectivity index (χ1v) is 6.76. The molecule has 2 amide bonds. The van der Waals surface area contributed by atoms with Crippen LogP contribution in [0, 0.1) is 0 Å². The Hall–Kier alpha value is -1.03. The molecule has 0 aliphatic carbocycles. The number of carbonyl (C=O) groups excluding carboxylic acids is 1. The lowest BCUT2D eigenvalue weighted by Gasteiger charge is -2.20. The Kier molecular flexibility index (Phi) is 5.48. The van der Waals surface area contributed by atoms with Crippen LogP contribution in [0.15, 0.2) is 22.7 Å². The standard InChI is InChI=1S/C13H19BrN2O/c1-4-10-9-11(14)7-8-12(10)15-13(17)16(5-2)6-3/h7-9H,4-6H2,1-3H3,(H,15,17). The van der Waals surface area contributed by atoms with Gasteiger partial charge in [0.1, 0.15) is 0 Å². The molecule has 1 N–H and O–H groups in total. The number of halogens is 1. The van der Waals surface area contributed by atoms with Crippen molar-refractivity contribution in [2.75, 3.05) is 18.4 Å². The zero-order valence-corrected chi connectivity index (χ0v) is 12.2. The number of rotatable bonds is 4. The predicted molar refractivity (Wildman–Crippen MR) is 75.5 cm³/mol. The minimum absolute atomic E-state index is 0.0352. The number of amides is 2. The fourth-order valence-electron chi connectivity index (χ4n) is 1.68. The van der Waals surface area contributed by atoms with Gasteiger partial charge in [0.15, 0.2) is 0 Å². The van der Waals surface area contributed by atoms with Gasteiger partial charge in [-0.05, 0) is 44.0 Å². The molecule has 17 heavy (non-hydrogen) atoms. The molecule has 0 saturated heterocycles. The number of hydrogen-bond acceptors (Lipinski definition) is 1. The molecule has 1 aromatic carbocycles. The first-order valence-electron chi connectivity index (χ1n) is 5.96. The second-order valence-corrected chi connectivity index (χ2v) is 4.67. The molecule has 0 radical (unpaired) electrons. The highest BCUT2D eigenvalue weighted by atomic mass is 79.9. The van der Waals surface area contributed by atoms with Gasteiger partial charge < -0.3 is 10.2 Å². The number of urea groups is 1. The summed E-state index contributed by atoms with van der Waals surface area (Å²) in [6.07, 6.45) is 0.896. The topological polar surface area (TPSA) is 32.3 Å². The van der Waals surface area contributed by atoms with Gasteiger partial charge in [0.25, 0.3) is 0 Å². The lowest BCUT2D eigenvalue weighted by molar-refractivity contribution is 0.217. The van der Waals surface area contributed by atoms with E-state index in [1.165, 1.54) is 0 Å². The van der Waals surface area contributed by atoms with Gasteiger partial charge in [0, 0.05) is 23.2 Å². The van der Waals surface area contributed by atoms with Crippen molar-refractivity contribution in [3.8, 4) is 0 Å². The van der Waals surface area contributed by atoms with Crippen LogP contribution in [-0.4, -0.2) is 24.0 Å². The fourth-order valence-corrected chi connectivity index (χ4v) is 2.09. The van der Waals surface area contributed by atoms with Gasteiger partial charge in [0.2, 0.25) is 0 Å². The van der Waals surface area contributed by atoms with Crippen LogP contribution in [0.1, 0.15) is 26.3 Å². The molecule has 1 rings (SSSR count). The Morgan fingerprint density at radius 3 is 2.47 bits per heavy atom. The van der Waals surface area contributed by atoms with Crippen LogP contribution < -0.4 is 5.32 Å². The molecule has 0 spiro atoms. The number of nitrogens with zero attached hydrogens (tertiary/aromatic N) is 1. The smallest absolute Gasteiger partial charge is 0.321 e. The van der Waals surface area contributed by atoms with Crippen molar-refractivity contribution in [2.45, 2.75) is 27.2 Å². The SMILES string of the molecule is CCc1cc(Br)ccc1NC(=O)N(CC)CC. The first kappa shape index (κ1) is 14.0. The van der Waals surface area contributed by atoms with E-state index in [0.29, 0.717) is 0 Å².